The van der Waals surface area contributed by atoms with E-state index in [9.17, 15) is 29.7 Å². The molecule has 12 nitrogen and oxygen atoms in total. The molecule has 6 rings (SSSR count). The molecule has 4 aromatic carbocycles. The van der Waals surface area contributed by atoms with Gasteiger partial charge in [0.25, 0.3) is 0 Å². The summed E-state index contributed by atoms with van der Waals surface area (Å²) in [7, 11) is 1.54. The van der Waals surface area contributed by atoms with E-state index >= 15 is 0 Å². The van der Waals surface area contributed by atoms with Crippen molar-refractivity contribution in [3.63, 3.8) is 0 Å². The minimum Gasteiger partial charge on any atom is -0.506 e. The Labute approximate surface area is 289 Å². The van der Waals surface area contributed by atoms with Gasteiger partial charge < -0.3 is 34.8 Å². The van der Waals surface area contributed by atoms with E-state index in [-0.39, 0.29) is 32.8 Å². The molecule has 0 aliphatic carbocycles. The highest BCUT2D eigenvalue weighted by Gasteiger charge is 2.17. The van der Waals surface area contributed by atoms with Crippen molar-refractivity contribution in [1.82, 2.24) is 14.9 Å². The first-order valence-electron chi connectivity index (χ1n) is 15.8. The van der Waals surface area contributed by atoms with Crippen molar-refractivity contribution in [2.45, 2.75) is 38.5 Å². The maximum absolute atomic E-state index is 12.8. The number of halogens is 2. The first kappa shape index (κ1) is 37.8. The van der Waals surface area contributed by atoms with E-state index in [4.69, 9.17) is 9.15 Å². The van der Waals surface area contributed by atoms with Gasteiger partial charge in [0.05, 0.1) is 29.9 Å². The largest absolute Gasteiger partial charge is 0.506 e. The summed E-state index contributed by atoms with van der Waals surface area (Å²) in [5.41, 5.74) is 5.41. The zero-order chi connectivity index (χ0) is 34.5. The molecule has 51 heavy (non-hydrogen) atoms. The van der Waals surface area contributed by atoms with Crippen LogP contribution < -0.4 is 26.7 Å². The number of hydrogen-bond acceptors (Lipinski definition) is 8. The number of unbranched alkanes of at least 4 members (excludes halogenated alkanes) is 1. The summed E-state index contributed by atoms with van der Waals surface area (Å²) in [5.74, 6) is -0.00955. The number of phenols is 1. The van der Waals surface area contributed by atoms with Crippen LogP contribution in [0, 0.1) is 0 Å². The van der Waals surface area contributed by atoms with Crippen LogP contribution in [0.5, 0.6) is 11.5 Å². The molecule has 6 N–H and O–H groups in total. The van der Waals surface area contributed by atoms with Gasteiger partial charge in [0, 0.05) is 48.3 Å². The van der Waals surface area contributed by atoms with Gasteiger partial charge in [-0.25, -0.2) is 9.59 Å². The highest BCUT2D eigenvalue weighted by atomic mass is 19.0. The number of aromatic hydroxyl groups is 1. The first-order valence-corrected chi connectivity index (χ1v) is 15.8. The van der Waals surface area contributed by atoms with Crippen molar-refractivity contribution in [3.05, 3.63) is 123 Å². The number of aliphatic hydroxyl groups is 1. The lowest BCUT2D eigenvalue weighted by Crippen LogP contribution is -2.21. The van der Waals surface area contributed by atoms with Crippen LogP contribution in [0.25, 0.3) is 33.1 Å². The van der Waals surface area contributed by atoms with Crippen LogP contribution in [0.2, 0.25) is 0 Å². The maximum Gasteiger partial charge on any atom is 0.419 e. The predicted molar refractivity (Wildman–Crippen MR) is 191 cm³/mol. The fraction of sp³-hybridized carbons (Fsp3) is 0.216. The number of aromatic amines is 1. The Morgan fingerprint density at radius 1 is 0.980 bits per heavy atom. The van der Waals surface area contributed by atoms with Gasteiger partial charge in [0.2, 0.25) is 5.56 Å². The Hall–Kier alpha value is -5.99. The number of nitrogens with zero attached hydrogens (tertiary/aromatic N) is 1. The molecule has 0 spiro atoms. The van der Waals surface area contributed by atoms with E-state index in [0.717, 1.165) is 28.7 Å². The van der Waals surface area contributed by atoms with Crippen molar-refractivity contribution in [3.8, 4) is 22.6 Å². The van der Waals surface area contributed by atoms with E-state index < -0.39 is 18.0 Å². The lowest BCUT2D eigenvalue weighted by molar-refractivity contribution is 0.175. The minimum absolute atomic E-state index is 0. The maximum atomic E-state index is 12.8. The second kappa shape index (κ2) is 16.6. The number of pyridine rings is 1. The number of nitrogens with one attached hydrogen (secondary N) is 3. The average Bonchev–Trinajstić information content (AvgIpc) is 3.40. The first-order chi connectivity index (χ1) is 23.7. The fourth-order valence-corrected chi connectivity index (χ4v) is 6.11. The van der Waals surface area contributed by atoms with Crippen LogP contribution in [-0.2, 0) is 19.5 Å². The van der Waals surface area contributed by atoms with E-state index in [1.807, 2.05) is 48.5 Å². The van der Waals surface area contributed by atoms with Crippen LogP contribution in [0.3, 0.4) is 0 Å². The van der Waals surface area contributed by atoms with Crippen molar-refractivity contribution in [1.29, 1.82) is 0 Å². The second-order valence-corrected chi connectivity index (χ2v) is 11.7. The average molecular weight is 705 g/mol. The third kappa shape index (κ3) is 8.43. The van der Waals surface area contributed by atoms with E-state index in [1.165, 1.54) is 12.1 Å². The summed E-state index contributed by atoms with van der Waals surface area (Å²) in [6.45, 7) is 0.890. The molecule has 268 valence electrons. The summed E-state index contributed by atoms with van der Waals surface area (Å²) in [4.78, 5) is 38.6. The molecule has 0 aliphatic heterocycles. The van der Waals surface area contributed by atoms with Gasteiger partial charge in [-0.05, 0) is 60.2 Å². The van der Waals surface area contributed by atoms with Gasteiger partial charge >= 0.3 is 11.8 Å². The lowest BCUT2D eigenvalue weighted by atomic mass is 9.99. The smallest absolute Gasteiger partial charge is 0.419 e. The Balaban J connectivity index is 0.00000292. The number of ether oxygens (including phenoxy) is 1. The van der Waals surface area contributed by atoms with Gasteiger partial charge in [-0.15, -0.1) is 0 Å². The summed E-state index contributed by atoms with van der Waals surface area (Å²) in [6, 6.07) is 24.8. The van der Waals surface area contributed by atoms with Crippen molar-refractivity contribution in [2.75, 3.05) is 19.0 Å². The van der Waals surface area contributed by atoms with E-state index in [1.54, 1.807) is 35.9 Å². The predicted octanol–water partition coefficient (Wildman–Crippen LogP) is 6.06. The quantitative estimate of drug-likeness (QED) is 0.0780. The molecule has 0 saturated heterocycles. The Morgan fingerprint density at radius 2 is 1.76 bits per heavy atom. The third-order valence-electron chi connectivity index (χ3n) is 8.50. The number of phenolic OH excluding ortho intramolecular Hbond substituents is 1. The molecular formula is C37H38F2N4O8. The molecule has 0 radical (unpaired) electrons. The summed E-state index contributed by atoms with van der Waals surface area (Å²) >= 11 is 0. The molecule has 2 aromatic heterocycles. The number of carbonyl (C=O) groups is 1. The van der Waals surface area contributed by atoms with Gasteiger partial charge in [-0.2, -0.15) is 0 Å². The van der Waals surface area contributed by atoms with Gasteiger partial charge in [-0.1, -0.05) is 48.5 Å². The number of aromatic nitrogens is 2. The molecule has 1 atom stereocenters. The molecular weight excluding hydrogens is 666 g/mol. The van der Waals surface area contributed by atoms with Crippen molar-refractivity contribution >= 4 is 33.8 Å². The summed E-state index contributed by atoms with van der Waals surface area (Å²) in [6.07, 6.45) is 0.0560. The number of fused-ring (bicyclic) bond motifs is 2. The normalized spacial score (nSPS) is 11.5. The zero-order valence-corrected chi connectivity index (χ0v) is 27.5. The number of rotatable bonds is 13. The van der Waals surface area contributed by atoms with Crippen LogP contribution in [0.4, 0.5) is 19.9 Å². The summed E-state index contributed by atoms with van der Waals surface area (Å²) in [5, 5.41) is 36.7. The number of aryl methyl sites for hydroxylation is 2. The van der Waals surface area contributed by atoms with E-state index in [2.05, 4.69) is 15.6 Å². The molecule has 0 bridgehead atoms. The molecule has 1 amide bonds. The van der Waals surface area contributed by atoms with Crippen LogP contribution in [0.15, 0.2) is 98.9 Å². The lowest BCUT2D eigenvalue weighted by Gasteiger charge is -2.16. The molecule has 0 aliphatic rings. The Bertz CT molecular complexity index is 2250. The van der Waals surface area contributed by atoms with E-state index in [0.29, 0.717) is 59.4 Å². The van der Waals surface area contributed by atoms with Crippen LogP contribution in [-0.4, -0.2) is 44.6 Å². The highest BCUT2D eigenvalue weighted by Crippen LogP contribution is 2.31. The number of oxazole rings is 1. The molecule has 0 unspecified atom stereocenters. The number of amides is 1. The standard InChI is InChI=1S/C37H36N4O8.2FH/c1-48-32-19-29-33(18-24(32)20-38-21-31(43)26-12-14-30(42)35-27(26)13-15-34(44)40-35)49-37(47)41(29)16-6-5-7-22-10-11-25(23-8-3-2-4-9-23)28(17-22)39-36(45)46;;/h2-4,8-15,17-19,31,38-39,42-43H,5-7,16,20-21H2,1H3,(H,40,44)(H,45,46);2*1H/t31-;;/m1../s1. The van der Waals surface area contributed by atoms with Gasteiger partial charge in [0.1, 0.15) is 11.5 Å². The number of H-pyrrole nitrogens is 1. The number of carboxylic acid groups (broad SMARTS) is 1. The van der Waals surface area contributed by atoms with Gasteiger partial charge in [-0.3, -0.25) is 24.1 Å². The molecule has 0 saturated carbocycles. The molecule has 0 fully saturated rings. The van der Waals surface area contributed by atoms with Gasteiger partial charge in [0.15, 0.2) is 5.58 Å². The van der Waals surface area contributed by atoms with Crippen molar-refractivity contribution < 1.29 is 38.7 Å². The Kier molecular flexibility index (Phi) is 12.3. The molecule has 14 heteroatoms. The third-order valence-corrected chi connectivity index (χ3v) is 8.50. The Morgan fingerprint density at radius 3 is 2.51 bits per heavy atom. The SMILES string of the molecule is COc1cc2c(cc1CNC[C@@H](O)c1ccc(O)c3[nH]c(=O)ccc13)oc(=O)n2CCCCc1ccc(-c2ccccc2)c(NC(=O)O)c1.F.F. The highest BCUT2D eigenvalue weighted by molar-refractivity contribution is 5.91. The molecule has 6 aromatic rings. The number of anilines is 1. The van der Waals surface area contributed by atoms with Crippen LogP contribution in [0.1, 0.15) is 35.6 Å². The number of aliphatic hydroxyl groups excluding tert-OH is 1. The zero-order valence-electron chi connectivity index (χ0n) is 27.5. The monoisotopic (exact) mass is 704 g/mol. The minimum atomic E-state index is -1.13. The molecule has 2 heterocycles. The number of benzene rings is 4. The second-order valence-electron chi connectivity index (χ2n) is 11.7. The number of hydrogen-bond donors (Lipinski definition) is 6. The number of methoxy groups -OCH3 is 1. The summed E-state index contributed by atoms with van der Waals surface area (Å²) < 4.78 is 12.8. The van der Waals surface area contributed by atoms with Crippen molar-refractivity contribution in [2.24, 2.45) is 0 Å². The van der Waals surface area contributed by atoms with Crippen LogP contribution >= 0.6 is 0 Å². The topological polar surface area (TPSA) is 179 Å². The fourth-order valence-electron chi connectivity index (χ4n) is 6.11.